The number of benzene rings is 2. The Balaban J connectivity index is 1.64. The summed E-state index contributed by atoms with van der Waals surface area (Å²) < 4.78 is 1.00. The third-order valence-electron chi connectivity index (χ3n) is 4.33. The summed E-state index contributed by atoms with van der Waals surface area (Å²) in [5.41, 5.74) is 3.55. The molecule has 0 spiro atoms. The van der Waals surface area contributed by atoms with E-state index in [1.807, 2.05) is 31.2 Å². The van der Waals surface area contributed by atoms with E-state index in [-0.39, 0.29) is 18.0 Å². The Hall–Kier alpha value is -1.65. The van der Waals surface area contributed by atoms with Crippen molar-refractivity contribution in [1.82, 2.24) is 5.32 Å². The molecular formula is C19H21BrN2O. The predicted molar refractivity (Wildman–Crippen MR) is 97.5 cm³/mol. The Kier molecular flexibility index (Phi) is 5.13. The van der Waals surface area contributed by atoms with E-state index >= 15 is 0 Å². The van der Waals surface area contributed by atoms with Gasteiger partial charge in [0.05, 0.1) is 6.04 Å². The quantitative estimate of drug-likeness (QED) is 0.832. The first kappa shape index (κ1) is 16.2. The summed E-state index contributed by atoms with van der Waals surface area (Å²) in [5.74, 6) is -0.00428. The Morgan fingerprint density at radius 3 is 2.70 bits per heavy atom. The topological polar surface area (TPSA) is 41.1 Å². The molecule has 3 nitrogen and oxygen atoms in total. The number of amides is 1. The average molecular weight is 373 g/mol. The first-order valence-corrected chi connectivity index (χ1v) is 8.83. The van der Waals surface area contributed by atoms with Crippen molar-refractivity contribution < 1.29 is 4.79 Å². The second-order valence-electron chi connectivity index (χ2n) is 6.03. The first-order chi connectivity index (χ1) is 11.1. The van der Waals surface area contributed by atoms with Crippen molar-refractivity contribution in [2.75, 3.05) is 5.32 Å². The van der Waals surface area contributed by atoms with Gasteiger partial charge in [0.2, 0.25) is 5.91 Å². The maximum Gasteiger partial charge on any atom is 0.241 e. The van der Waals surface area contributed by atoms with Crippen molar-refractivity contribution in [3.8, 4) is 0 Å². The second kappa shape index (κ2) is 7.28. The largest absolute Gasteiger partial charge is 0.325 e. The second-order valence-corrected chi connectivity index (χ2v) is 6.94. The first-order valence-electron chi connectivity index (χ1n) is 8.04. The Labute approximate surface area is 145 Å². The van der Waals surface area contributed by atoms with Gasteiger partial charge in [-0.2, -0.15) is 0 Å². The summed E-state index contributed by atoms with van der Waals surface area (Å²) in [6.07, 6.45) is 3.37. The van der Waals surface area contributed by atoms with Gasteiger partial charge in [0, 0.05) is 16.2 Å². The van der Waals surface area contributed by atoms with Gasteiger partial charge in [-0.25, -0.2) is 0 Å². The summed E-state index contributed by atoms with van der Waals surface area (Å²) in [5, 5.41) is 6.45. The number of nitrogens with one attached hydrogen (secondary N) is 2. The fraction of sp³-hybridized carbons (Fsp3) is 0.316. The highest BCUT2D eigenvalue weighted by atomic mass is 79.9. The fourth-order valence-corrected chi connectivity index (χ4v) is 3.35. The van der Waals surface area contributed by atoms with Crippen LogP contribution in [0.15, 0.2) is 53.0 Å². The molecule has 3 rings (SSSR count). The van der Waals surface area contributed by atoms with Crippen LogP contribution < -0.4 is 10.6 Å². The third-order valence-corrected chi connectivity index (χ3v) is 4.85. The number of anilines is 1. The molecule has 0 fully saturated rings. The molecule has 0 radical (unpaired) electrons. The number of aryl methyl sites for hydroxylation is 1. The molecule has 0 unspecified atom stereocenters. The molecule has 0 aliphatic heterocycles. The van der Waals surface area contributed by atoms with Crippen LogP contribution >= 0.6 is 15.9 Å². The van der Waals surface area contributed by atoms with Crippen LogP contribution in [0, 0.1) is 0 Å². The monoisotopic (exact) mass is 372 g/mol. The Morgan fingerprint density at radius 2 is 1.91 bits per heavy atom. The highest BCUT2D eigenvalue weighted by molar-refractivity contribution is 9.10. The summed E-state index contributed by atoms with van der Waals surface area (Å²) in [6, 6.07) is 16.2. The van der Waals surface area contributed by atoms with Crippen molar-refractivity contribution in [2.24, 2.45) is 0 Å². The van der Waals surface area contributed by atoms with Gasteiger partial charge < -0.3 is 5.32 Å². The maximum atomic E-state index is 12.4. The zero-order valence-electron chi connectivity index (χ0n) is 13.2. The lowest BCUT2D eigenvalue weighted by Crippen LogP contribution is -2.41. The van der Waals surface area contributed by atoms with Crippen LogP contribution in [-0.4, -0.2) is 11.9 Å². The molecule has 2 aromatic rings. The molecular weight excluding hydrogens is 352 g/mol. The lowest BCUT2D eigenvalue weighted by Gasteiger charge is -2.28. The number of carbonyl (C=O) groups excluding carboxylic acids is 1. The summed E-state index contributed by atoms with van der Waals surface area (Å²) in [7, 11) is 0. The van der Waals surface area contributed by atoms with E-state index in [0.717, 1.165) is 29.4 Å². The van der Waals surface area contributed by atoms with Crippen LogP contribution in [0.3, 0.4) is 0 Å². The van der Waals surface area contributed by atoms with Gasteiger partial charge in [-0.05, 0) is 61.6 Å². The van der Waals surface area contributed by atoms with Crippen LogP contribution in [-0.2, 0) is 11.2 Å². The van der Waals surface area contributed by atoms with Gasteiger partial charge in [0.25, 0.3) is 0 Å². The molecule has 4 heteroatoms. The Bertz CT molecular complexity index is 684. The van der Waals surface area contributed by atoms with Crippen molar-refractivity contribution in [3.05, 3.63) is 64.1 Å². The van der Waals surface area contributed by atoms with E-state index < -0.39 is 0 Å². The van der Waals surface area contributed by atoms with Crippen LogP contribution in [0.5, 0.6) is 0 Å². The van der Waals surface area contributed by atoms with Crippen LogP contribution in [0.1, 0.15) is 36.9 Å². The van der Waals surface area contributed by atoms with Gasteiger partial charge in [-0.15, -0.1) is 0 Å². The Morgan fingerprint density at radius 1 is 1.17 bits per heavy atom. The highest BCUT2D eigenvalue weighted by Crippen LogP contribution is 2.29. The minimum atomic E-state index is -0.241. The fourth-order valence-electron chi connectivity index (χ4n) is 3.09. The van der Waals surface area contributed by atoms with Gasteiger partial charge in [-0.3, -0.25) is 10.1 Å². The number of hydrogen-bond acceptors (Lipinski definition) is 2. The minimum absolute atomic E-state index is 0.00428. The van der Waals surface area contributed by atoms with E-state index in [9.17, 15) is 4.79 Å². The number of fused-ring (bicyclic) bond motifs is 1. The molecule has 0 saturated heterocycles. The summed E-state index contributed by atoms with van der Waals surface area (Å²) in [4.78, 5) is 12.4. The van der Waals surface area contributed by atoms with E-state index in [1.165, 1.54) is 11.1 Å². The SMILES string of the molecule is C[C@@H](N[C@@H]1CCCc2ccccc21)C(=O)Nc1ccc(Br)cc1. The van der Waals surface area contributed by atoms with Gasteiger partial charge in [0.15, 0.2) is 0 Å². The van der Waals surface area contributed by atoms with Crippen molar-refractivity contribution in [3.63, 3.8) is 0 Å². The van der Waals surface area contributed by atoms with Crippen molar-refractivity contribution in [2.45, 2.75) is 38.3 Å². The molecule has 23 heavy (non-hydrogen) atoms. The third kappa shape index (κ3) is 4.01. The minimum Gasteiger partial charge on any atom is -0.325 e. The number of carbonyl (C=O) groups is 1. The normalized spacial score (nSPS) is 18.1. The lowest BCUT2D eigenvalue weighted by molar-refractivity contribution is -0.118. The molecule has 0 bridgehead atoms. The summed E-state index contributed by atoms with van der Waals surface area (Å²) >= 11 is 3.40. The molecule has 2 aromatic carbocycles. The molecule has 1 aliphatic carbocycles. The van der Waals surface area contributed by atoms with Crippen molar-refractivity contribution >= 4 is 27.5 Å². The average Bonchev–Trinajstić information content (AvgIpc) is 2.57. The standard InChI is InChI=1S/C19H21BrN2O/c1-13(19(23)22-16-11-9-15(20)10-12-16)21-18-8-4-6-14-5-2-3-7-17(14)18/h2-3,5,7,9-13,18,21H,4,6,8H2,1H3,(H,22,23)/t13-,18-/m1/s1. The van der Waals surface area contributed by atoms with E-state index in [0.29, 0.717) is 0 Å². The molecule has 0 saturated carbocycles. The molecule has 1 amide bonds. The van der Waals surface area contributed by atoms with E-state index in [1.54, 1.807) is 0 Å². The zero-order valence-corrected chi connectivity index (χ0v) is 14.8. The molecule has 2 atom stereocenters. The van der Waals surface area contributed by atoms with E-state index in [4.69, 9.17) is 0 Å². The summed E-state index contributed by atoms with van der Waals surface area (Å²) in [6.45, 7) is 1.92. The van der Waals surface area contributed by atoms with Crippen LogP contribution in [0.25, 0.3) is 0 Å². The highest BCUT2D eigenvalue weighted by Gasteiger charge is 2.23. The van der Waals surface area contributed by atoms with Crippen molar-refractivity contribution in [1.29, 1.82) is 0 Å². The van der Waals surface area contributed by atoms with Gasteiger partial charge in [0.1, 0.15) is 0 Å². The van der Waals surface area contributed by atoms with Gasteiger partial charge >= 0.3 is 0 Å². The number of halogens is 1. The smallest absolute Gasteiger partial charge is 0.241 e. The molecule has 2 N–H and O–H groups in total. The molecule has 120 valence electrons. The maximum absolute atomic E-state index is 12.4. The van der Waals surface area contributed by atoms with Gasteiger partial charge in [-0.1, -0.05) is 40.2 Å². The predicted octanol–water partition coefficient (Wildman–Crippen LogP) is 4.44. The number of hydrogen-bond donors (Lipinski definition) is 2. The van der Waals surface area contributed by atoms with Crippen LogP contribution in [0.4, 0.5) is 5.69 Å². The zero-order chi connectivity index (χ0) is 16.2. The van der Waals surface area contributed by atoms with E-state index in [2.05, 4.69) is 50.8 Å². The lowest BCUT2D eigenvalue weighted by atomic mass is 9.87. The van der Waals surface area contributed by atoms with Crippen LogP contribution in [0.2, 0.25) is 0 Å². The molecule has 0 aromatic heterocycles. The molecule has 1 aliphatic rings. The molecule has 0 heterocycles. The number of rotatable bonds is 4.